The van der Waals surface area contributed by atoms with E-state index in [1.54, 1.807) is 22.5 Å². The molecule has 1 atom stereocenters. The van der Waals surface area contributed by atoms with Gasteiger partial charge in [-0.2, -0.15) is 0 Å². The second-order valence-corrected chi connectivity index (χ2v) is 8.61. The number of rotatable bonds is 7. The first-order valence-corrected chi connectivity index (χ1v) is 10.6. The summed E-state index contributed by atoms with van der Waals surface area (Å²) in [6.07, 6.45) is 5.95. The summed E-state index contributed by atoms with van der Waals surface area (Å²) < 4.78 is 27.1. The van der Waals surface area contributed by atoms with E-state index >= 15 is 0 Å². The van der Waals surface area contributed by atoms with Crippen LogP contribution in [0.4, 0.5) is 10.9 Å². The van der Waals surface area contributed by atoms with Crippen molar-refractivity contribution in [3.8, 4) is 0 Å². The molecule has 0 unspecified atom stereocenters. The van der Waals surface area contributed by atoms with Gasteiger partial charge in [0.05, 0.1) is 6.54 Å². The smallest absolute Gasteiger partial charge is 0.267 e. The van der Waals surface area contributed by atoms with Gasteiger partial charge in [0.15, 0.2) is 5.13 Å². The predicted octanol–water partition coefficient (Wildman–Crippen LogP) is 2.68. The molecule has 1 saturated heterocycles. The molecular formula is C17H20N4O3S2. The van der Waals surface area contributed by atoms with E-state index in [2.05, 4.69) is 16.5 Å². The van der Waals surface area contributed by atoms with E-state index < -0.39 is 10.0 Å². The zero-order chi connectivity index (χ0) is 18.7. The van der Waals surface area contributed by atoms with Crippen molar-refractivity contribution in [2.75, 3.05) is 22.3 Å². The summed E-state index contributed by atoms with van der Waals surface area (Å²) in [6.45, 7) is 6.33. The fourth-order valence-electron chi connectivity index (χ4n) is 2.89. The van der Waals surface area contributed by atoms with Gasteiger partial charge in [0.1, 0.15) is 10.7 Å². The lowest BCUT2D eigenvalue weighted by Crippen LogP contribution is -2.31. The SMILES string of the molecule is C=CCN(c1nccs1)S(=O)(=O)c1ccc(N2CC[C@H](CC)C2=O)nc1. The topological polar surface area (TPSA) is 83.5 Å². The number of amides is 1. The predicted molar refractivity (Wildman–Crippen MR) is 102 cm³/mol. The van der Waals surface area contributed by atoms with Crippen LogP contribution in [0, 0.1) is 5.92 Å². The highest BCUT2D eigenvalue weighted by Gasteiger charge is 2.32. The van der Waals surface area contributed by atoms with Crippen molar-refractivity contribution in [2.45, 2.75) is 24.7 Å². The minimum absolute atomic E-state index is 0.0215. The third kappa shape index (κ3) is 3.36. The van der Waals surface area contributed by atoms with Gasteiger partial charge in [0.25, 0.3) is 10.0 Å². The highest BCUT2D eigenvalue weighted by molar-refractivity contribution is 7.93. The largest absolute Gasteiger partial charge is 0.297 e. The van der Waals surface area contributed by atoms with Crippen molar-refractivity contribution >= 4 is 38.2 Å². The number of hydrogen-bond acceptors (Lipinski definition) is 6. The maximum Gasteiger partial charge on any atom is 0.267 e. The van der Waals surface area contributed by atoms with E-state index in [9.17, 15) is 13.2 Å². The number of hydrogen-bond donors (Lipinski definition) is 0. The lowest BCUT2D eigenvalue weighted by atomic mass is 10.1. The minimum Gasteiger partial charge on any atom is -0.297 e. The average molecular weight is 393 g/mol. The molecule has 0 N–H and O–H groups in total. The maximum atomic E-state index is 12.9. The van der Waals surface area contributed by atoms with Crippen LogP contribution in [0.1, 0.15) is 19.8 Å². The Balaban J connectivity index is 1.87. The molecule has 1 amide bonds. The highest BCUT2D eigenvalue weighted by Crippen LogP contribution is 2.28. The second kappa shape index (κ2) is 7.55. The summed E-state index contributed by atoms with van der Waals surface area (Å²) in [5, 5.41) is 2.08. The Labute approximate surface area is 157 Å². The minimum atomic E-state index is -3.81. The molecule has 0 spiro atoms. The third-order valence-electron chi connectivity index (χ3n) is 4.32. The van der Waals surface area contributed by atoms with Gasteiger partial charge in [0.2, 0.25) is 5.91 Å². The Kier molecular flexibility index (Phi) is 5.38. The quantitative estimate of drug-likeness (QED) is 0.677. The first-order valence-electron chi connectivity index (χ1n) is 8.29. The molecule has 138 valence electrons. The average Bonchev–Trinajstić information content (AvgIpc) is 3.29. The molecule has 1 aliphatic rings. The van der Waals surface area contributed by atoms with Gasteiger partial charge in [-0.1, -0.05) is 13.0 Å². The van der Waals surface area contributed by atoms with E-state index in [1.165, 1.54) is 34.0 Å². The highest BCUT2D eigenvalue weighted by atomic mass is 32.2. The van der Waals surface area contributed by atoms with Crippen LogP contribution in [0.3, 0.4) is 0 Å². The molecule has 3 heterocycles. The van der Waals surface area contributed by atoms with Crippen LogP contribution in [0.25, 0.3) is 0 Å². The molecule has 1 aliphatic heterocycles. The number of carbonyl (C=O) groups is 1. The van der Waals surface area contributed by atoms with Crippen LogP contribution < -0.4 is 9.21 Å². The van der Waals surface area contributed by atoms with Gasteiger partial charge >= 0.3 is 0 Å². The van der Waals surface area contributed by atoms with Crippen molar-refractivity contribution < 1.29 is 13.2 Å². The molecule has 9 heteroatoms. The van der Waals surface area contributed by atoms with Crippen molar-refractivity contribution in [1.82, 2.24) is 9.97 Å². The first-order chi connectivity index (χ1) is 12.5. The van der Waals surface area contributed by atoms with Crippen LogP contribution in [0.2, 0.25) is 0 Å². The molecule has 26 heavy (non-hydrogen) atoms. The zero-order valence-electron chi connectivity index (χ0n) is 14.4. The van der Waals surface area contributed by atoms with Crippen LogP contribution >= 0.6 is 11.3 Å². The summed E-state index contributed by atoms with van der Waals surface area (Å²) in [5.41, 5.74) is 0. The molecule has 0 radical (unpaired) electrons. The van der Waals surface area contributed by atoms with Gasteiger partial charge < -0.3 is 0 Å². The van der Waals surface area contributed by atoms with E-state index in [0.717, 1.165) is 12.8 Å². The van der Waals surface area contributed by atoms with E-state index in [4.69, 9.17) is 0 Å². The maximum absolute atomic E-state index is 12.9. The number of pyridine rings is 1. The number of aromatic nitrogens is 2. The molecule has 0 saturated carbocycles. The Morgan fingerprint density at radius 2 is 2.23 bits per heavy atom. The van der Waals surface area contributed by atoms with Crippen LogP contribution in [-0.2, 0) is 14.8 Å². The number of anilines is 2. The number of nitrogens with zero attached hydrogens (tertiary/aromatic N) is 4. The summed E-state index contributed by atoms with van der Waals surface area (Å²) in [5.74, 6) is 0.550. The van der Waals surface area contributed by atoms with Crippen LogP contribution in [0.15, 0.2) is 47.5 Å². The van der Waals surface area contributed by atoms with E-state index in [-0.39, 0.29) is 23.3 Å². The molecule has 1 fully saturated rings. The lowest BCUT2D eigenvalue weighted by Gasteiger charge is -2.20. The number of sulfonamides is 1. The molecule has 2 aromatic rings. The zero-order valence-corrected chi connectivity index (χ0v) is 16.0. The number of carbonyl (C=O) groups excluding carboxylic acids is 1. The summed E-state index contributed by atoms with van der Waals surface area (Å²) in [6, 6.07) is 3.06. The van der Waals surface area contributed by atoms with Gasteiger partial charge in [-0.25, -0.2) is 22.7 Å². The van der Waals surface area contributed by atoms with Gasteiger partial charge in [-0.3, -0.25) is 9.69 Å². The van der Waals surface area contributed by atoms with E-state index in [1.807, 2.05) is 6.92 Å². The molecular weight excluding hydrogens is 372 g/mol. The Morgan fingerprint density at radius 1 is 1.42 bits per heavy atom. The summed E-state index contributed by atoms with van der Waals surface area (Å²) >= 11 is 1.23. The molecule has 7 nitrogen and oxygen atoms in total. The van der Waals surface area contributed by atoms with Crippen molar-refractivity contribution in [1.29, 1.82) is 0 Å². The molecule has 0 aromatic carbocycles. The van der Waals surface area contributed by atoms with E-state index in [0.29, 0.717) is 17.5 Å². The number of thiazole rings is 1. The first kappa shape index (κ1) is 18.5. The Bertz CT molecular complexity index is 879. The van der Waals surface area contributed by atoms with Crippen LogP contribution in [-0.4, -0.2) is 37.4 Å². The molecule has 3 rings (SSSR count). The second-order valence-electron chi connectivity index (χ2n) is 5.88. The lowest BCUT2D eigenvalue weighted by molar-refractivity contribution is -0.120. The van der Waals surface area contributed by atoms with Gasteiger partial charge in [-0.05, 0) is 25.0 Å². The van der Waals surface area contributed by atoms with Crippen molar-refractivity contribution in [3.63, 3.8) is 0 Å². The standard InChI is InChI=1S/C17H20N4O3S2/c1-3-9-21(17-18-8-11-25-17)26(23,24)14-5-6-15(19-12-14)20-10-7-13(4-2)16(20)22/h3,5-6,8,11-13H,1,4,7,9-10H2,2H3/t13-/m0/s1. The molecule has 2 aromatic heterocycles. The Morgan fingerprint density at radius 3 is 2.77 bits per heavy atom. The summed E-state index contributed by atoms with van der Waals surface area (Å²) in [7, 11) is -3.81. The summed E-state index contributed by atoms with van der Waals surface area (Å²) in [4.78, 5) is 22.3. The molecule has 0 aliphatic carbocycles. The third-order valence-corrected chi connectivity index (χ3v) is 6.97. The normalized spacial score (nSPS) is 17.5. The van der Waals surface area contributed by atoms with Crippen LogP contribution in [0.5, 0.6) is 0 Å². The molecule has 0 bridgehead atoms. The fourth-order valence-corrected chi connectivity index (χ4v) is 5.11. The Hall–Kier alpha value is -2.26. The van der Waals surface area contributed by atoms with Crippen molar-refractivity contribution in [3.05, 3.63) is 42.6 Å². The van der Waals surface area contributed by atoms with Gasteiger partial charge in [0, 0.05) is 30.2 Å². The monoisotopic (exact) mass is 392 g/mol. The van der Waals surface area contributed by atoms with Crippen molar-refractivity contribution in [2.24, 2.45) is 5.92 Å². The fraction of sp³-hybridized carbons (Fsp3) is 0.353. The van der Waals surface area contributed by atoms with Gasteiger partial charge in [-0.15, -0.1) is 17.9 Å².